The highest BCUT2D eigenvalue weighted by molar-refractivity contribution is 8.01. The molecule has 1 heterocycles. The highest BCUT2D eigenvalue weighted by Crippen LogP contribution is 2.35. The van der Waals surface area contributed by atoms with Crippen molar-refractivity contribution in [1.29, 1.82) is 0 Å². The predicted octanol–water partition coefficient (Wildman–Crippen LogP) is 2.90. The van der Waals surface area contributed by atoms with Crippen LogP contribution in [-0.2, 0) is 0 Å². The third-order valence-corrected chi connectivity index (χ3v) is 4.97. The molecule has 1 aromatic carbocycles. The Morgan fingerprint density at radius 2 is 2.26 bits per heavy atom. The Hall–Kier alpha value is -1.25. The van der Waals surface area contributed by atoms with E-state index in [1.165, 1.54) is 23.1 Å². The third kappa shape index (κ3) is 3.40. The van der Waals surface area contributed by atoms with E-state index in [0.29, 0.717) is 0 Å². The Balaban J connectivity index is 2.44. The first-order valence-electron chi connectivity index (χ1n) is 5.44. The van der Waals surface area contributed by atoms with Gasteiger partial charge in [0.15, 0.2) is 10.2 Å². The maximum absolute atomic E-state index is 8.95. The molecule has 0 amide bonds. The molecule has 0 aliphatic heterocycles. The van der Waals surface area contributed by atoms with Crippen LogP contribution >= 0.6 is 34.9 Å². The van der Waals surface area contributed by atoms with Crippen LogP contribution in [0.3, 0.4) is 0 Å². The normalized spacial score (nSPS) is 11.7. The van der Waals surface area contributed by atoms with Crippen LogP contribution < -0.4 is 5.73 Å². The van der Waals surface area contributed by atoms with Gasteiger partial charge in [0, 0.05) is 15.4 Å². The molecule has 100 valence electrons. The Bertz CT molecular complexity index is 571. The average molecular weight is 312 g/mol. The van der Waals surface area contributed by atoms with Gasteiger partial charge in [-0.2, -0.15) is 0 Å². The fraction of sp³-hybridized carbons (Fsp3) is 0.182. The van der Waals surface area contributed by atoms with Crippen LogP contribution in [0.4, 0.5) is 0 Å². The lowest BCUT2D eigenvalue weighted by Gasteiger charge is -2.11. The summed E-state index contributed by atoms with van der Waals surface area (Å²) in [6, 6.07) is 5.85. The molecule has 5 nitrogen and oxygen atoms in total. The minimum Gasteiger partial charge on any atom is -0.409 e. The van der Waals surface area contributed by atoms with E-state index in [2.05, 4.69) is 22.3 Å². The van der Waals surface area contributed by atoms with E-state index in [4.69, 9.17) is 10.9 Å². The summed E-state index contributed by atoms with van der Waals surface area (Å²) in [4.78, 5) is 1.90. The molecule has 0 aliphatic rings. The Morgan fingerprint density at radius 3 is 2.89 bits per heavy atom. The fourth-order valence-electron chi connectivity index (χ4n) is 1.48. The maximum Gasteiger partial charge on any atom is 0.178 e. The summed E-state index contributed by atoms with van der Waals surface area (Å²) < 4.78 is 0.825. The van der Waals surface area contributed by atoms with E-state index in [1.54, 1.807) is 17.3 Å². The van der Waals surface area contributed by atoms with Crippen LogP contribution in [0.25, 0.3) is 0 Å². The quantitative estimate of drug-likeness (QED) is 0.290. The van der Waals surface area contributed by atoms with Crippen molar-refractivity contribution in [3.63, 3.8) is 0 Å². The van der Waals surface area contributed by atoms with Gasteiger partial charge in [0.1, 0.15) is 5.51 Å². The first kappa shape index (κ1) is 14.2. The Kier molecular flexibility index (Phi) is 5.06. The molecule has 0 atom stereocenters. The maximum atomic E-state index is 8.95. The first-order chi connectivity index (χ1) is 9.26. The van der Waals surface area contributed by atoms with Gasteiger partial charge in [-0.1, -0.05) is 41.2 Å². The van der Waals surface area contributed by atoms with Crippen LogP contribution in [0.2, 0.25) is 0 Å². The van der Waals surface area contributed by atoms with Crippen molar-refractivity contribution in [1.82, 2.24) is 10.2 Å². The molecule has 2 aromatic rings. The highest BCUT2D eigenvalue weighted by Gasteiger charge is 2.15. The van der Waals surface area contributed by atoms with Gasteiger partial charge in [-0.15, -0.1) is 22.0 Å². The molecule has 19 heavy (non-hydrogen) atoms. The van der Waals surface area contributed by atoms with Gasteiger partial charge in [-0.3, -0.25) is 0 Å². The zero-order valence-electron chi connectivity index (χ0n) is 10.1. The summed E-state index contributed by atoms with van der Waals surface area (Å²) in [5.41, 5.74) is 8.22. The number of rotatable bonds is 5. The summed E-state index contributed by atoms with van der Waals surface area (Å²) in [6.07, 6.45) is 0. The lowest BCUT2D eigenvalue weighted by atomic mass is 10.2. The number of amidine groups is 1. The Morgan fingerprint density at radius 1 is 1.47 bits per heavy atom. The molecule has 0 unspecified atom stereocenters. The van der Waals surface area contributed by atoms with Crippen molar-refractivity contribution in [2.24, 2.45) is 10.9 Å². The average Bonchev–Trinajstić information content (AvgIpc) is 2.91. The van der Waals surface area contributed by atoms with Crippen LogP contribution in [0.1, 0.15) is 12.5 Å². The molecule has 0 saturated heterocycles. The number of oxime groups is 1. The number of thioether (sulfide) groups is 1. The monoisotopic (exact) mass is 312 g/mol. The smallest absolute Gasteiger partial charge is 0.178 e. The number of nitrogens with two attached hydrogens (primary N) is 1. The van der Waals surface area contributed by atoms with E-state index >= 15 is 0 Å². The van der Waals surface area contributed by atoms with Crippen LogP contribution in [0.15, 0.2) is 43.0 Å². The second kappa shape index (κ2) is 6.78. The van der Waals surface area contributed by atoms with Gasteiger partial charge in [-0.05, 0) is 17.9 Å². The molecular weight excluding hydrogens is 300 g/mol. The van der Waals surface area contributed by atoms with Crippen molar-refractivity contribution in [2.45, 2.75) is 21.1 Å². The van der Waals surface area contributed by atoms with E-state index < -0.39 is 0 Å². The van der Waals surface area contributed by atoms with Gasteiger partial charge in [0.25, 0.3) is 0 Å². The van der Waals surface area contributed by atoms with Crippen LogP contribution in [-0.4, -0.2) is 27.0 Å². The summed E-state index contributed by atoms with van der Waals surface area (Å²) >= 11 is 4.57. The predicted molar refractivity (Wildman–Crippen MR) is 79.4 cm³/mol. The molecule has 8 heteroatoms. The molecule has 0 bridgehead atoms. The van der Waals surface area contributed by atoms with Crippen molar-refractivity contribution >= 4 is 40.7 Å². The van der Waals surface area contributed by atoms with Gasteiger partial charge in [0.05, 0.1) is 0 Å². The summed E-state index contributed by atoms with van der Waals surface area (Å²) in [5, 5.41) is 19.9. The third-order valence-electron chi connectivity index (χ3n) is 2.19. The minimum atomic E-state index is 0.114. The zero-order valence-corrected chi connectivity index (χ0v) is 12.6. The van der Waals surface area contributed by atoms with E-state index in [1.807, 2.05) is 18.2 Å². The number of nitrogens with zero attached hydrogens (tertiary/aromatic N) is 3. The summed E-state index contributed by atoms with van der Waals surface area (Å²) in [6.45, 7) is 2.06. The van der Waals surface area contributed by atoms with Crippen molar-refractivity contribution < 1.29 is 5.21 Å². The second-order valence-electron chi connectivity index (χ2n) is 3.35. The molecular formula is C11H12N4OS3. The number of hydrogen-bond acceptors (Lipinski definition) is 7. The van der Waals surface area contributed by atoms with E-state index in [-0.39, 0.29) is 5.84 Å². The molecule has 0 radical (unpaired) electrons. The van der Waals surface area contributed by atoms with Gasteiger partial charge in [0.2, 0.25) is 0 Å². The van der Waals surface area contributed by atoms with Crippen molar-refractivity contribution in [3.8, 4) is 0 Å². The van der Waals surface area contributed by atoms with E-state index in [0.717, 1.165) is 25.4 Å². The molecule has 1 aromatic heterocycles. The van der Waals surface area contributed by atoms with Crippen molar-refractivity contribution in [2.75, 3.05) is 5.75 Å². The first-order valence-corrected chi connectivity index (χ1v) is 8.12. The van der Waals surface area contributed by atoms with E-state index in [9.17, 15) is 0 Å². The summed E-state index contributed by atoms with van der Waals surface area (Å²) in [7, 11) is 0. The van der Waals surface area contributed by atoms with Crippen LogP contribution in [0.5, 0.6) is 0 Å². The lowest BCUT2D eigenvalue weighted by Crippen LogP contribution is -2.15. The molecule has 0 aliphatic carbocycles. The number of hydrogen-bond donors (Lipinski definition) is 2. The zero-order chi connectivity index (χ0) is 13.7. The standard InChI is InChI=1S/C11H12N4OS3/c1-2-17-7-4-3-5-8(9(7)10(12)15-16)19-11-14-13-6-18-11/h3-6,16H,2H2,1H3,(H2,12,15). The topological polar surface area (TPSA) is 84.4 Å². The molecule has 2 rings (SSSR count). The summed E-state index contributed by atoms with van der Waals surface area (Å²) in [5.74, 6) is 1.03. The molecule has 0 saturated carbocycles. The van der Waals surface area contributed by atoms with Gasteiger partial charge < -0.3 is 10.9 Å². The Labute approximate surface area is 123 Å². The fourth-order valence-corrected chi connectivity index (χ4v) is 3.99. The largest absolute Gasteiger partial charge is 0.409 e. The SMILES string of the molecule is CCSc1cccc(Sc2nncs2)c1/C(N)=N/O. The number of aromatic nitrogens is 2. The van der Waals surface area contributed by atoms with Crippen molar-refractivity contribution in [3.05, 3.63) is 29.3 Å². The molecule has 3 N–H and O–H groups in total. The molecule has 0 fully saturated rings. The highest BCUT2D eigenvalue weighted by atomic mass is 32.2. The minimum absolute atomic E-state index is 0.114. The molecule has 0 spiro atoms. The van der Waals surface area contributed by atoms with Gasteiger partial charge in [-0.25, -0.2) is 0 Å². The number of benzene rings is 1. The van der Waals surface area contributed by atoms with Crippen LogP contribution in [0, 0.1) is 0 Å². The second-order valence-corrected chi connectivity index (χ2v) is 6.78. The lowest BCUT2D eigenvalue weighted by molar-refractivity contribution is 0.318. The van der Waals surface area contributed by atoms with Gasteiger partial charge >= 0.3 is 0 Å².